The molecule has 44 heavy (non-hydrogen) atoms. The van der Waals surface area contributed by atoms with Crippen molar-refractivity contribution in [3.63, 3.8) is 0 Å². The molecule has 3 aromatic carbocycles. The van der Waals surface area contributed by atoms with Gasteiger partial charge in [0.15, 0.2) is 0 Å². The minimum atomic E-state index is -0.546. The van der Waals surface area contributed by atoms with Gasteiger partial charge in [-0.3, -0.25) is 10.2 Å². The van der Waals surface area contributed by atoms with Crippen LogP contribution < -0.4 is 15.4 Å². The first kappa shape index (κ1) is 32.1. The molecule has 0 aliphatic carbocycles. The van der Waals surface area contributed by atoms with Crippen LogP contribution in [0.4, 0.5) is 10.5 Å². The van der Waals surface area contributed by atoms with Crippen LogP contribution in [-0.2, 0) is 11.2 Å². The predicted molar refractivity (Wildman–Crippen MR) is 180 cm³/mol. The van der Waals surface area contributed by atoms with Crippen LogP contribution in [0.25, 0.3) is 0 Å². The Kier molecular flexibility index (Phi) is 9.71. The van der Waals surface area contributed by atoms with E-state index < -0.39 is 11.7 Å². The van der Waals surface area contributed by atoms with Crippen molar-refractivity contribution in [3.05, 3.63) is 94.0 Å². The molecule has 0 spiro atoms. The van der Waals surface area contributed by atoms with E-state index in [1.54, 1.807) is 0 Å². The zero-order valence-electron chi connectivity index (χ0n) is 27.8. The van der Waals surface area contributed by atoms with Gasteiger partial charge in [0.2, 0.25) is 0 Å². The van der Waals surface area contributed by atoms with Crippen molar-refractivity contribution in [2.75, 3.05) is 31.5 Å². The largest absolute Gasteiger partial charge is 0.485 e. The normalized spacial score (nSPS) is 19.1. The van der Waals surface area contributed by atoms with Crippen LogP contribution in [0.2, 0.25) is 0 Å². The number of fused-ring (bicyclic) bond motifs is 1. The Morgan fingerprint density at radius 1 is 0.955 bits per heavy atom. The molecule has 0 bridgehead atoms. The quantitative estimate of drug-likeness (QED) is 0.261. The molecule has 1 saturated heterocycles. The van der Waals surface area contributed by atoms with Gasteiger partial charge in [-0.05, 0) is 121 Å². The first-order chi connectivity index (χ1) is 20.9. The summed E-state index contributed by atoms with van der Waals surface area (Å²) in [5.74, 6) is 1.72. The lowest BCUT2D eigenvalue weighted by Crippen LogP contribution is -2.47. The zero-order valence-corrected chi connectivity index (χ0v) is 27.8. The van der Waals surface area contributed by atoms with Crippen molar-refractivity contribution in [3.8, 4) is 5.75 Å². The number of rotatable bonds is 9. The summed E-state index contributed by atoms with van der Waals surface area (Å²) in [4.78, 5) is 15.2. The van der Waals surface area contributed by atoms with Gasteiger partial charge in [-0.15, -0.1) is 0 Å². The summed E-state index contributed by atoms with van der Waals surface area (Å²) in [6.45, 7) is 18.2. The minimum Gasteiger partial charge on any atom is -0.485 e. The highest BCUT2D eigenvalue weighted by Gasteiger charge is 2.40. The van der Waals surface area contributed by atoms with Crippen LogP contribution in [0.3, 0.4) is 0 Å². The van der Waals surface area contributed by atoms with Gasteiger partial charge in [0.1, 0.15) is 17.0 Å². The van der Waals surface area contributed by atoms with Crippen LogP contribution in [-0.4, -0.2) is 48.4 Å². The monoisotopic (exact) mass is 597 g/mol. The van der Waals surface area contributed by atoms with Crippen molar-refractivity contribution in [1.82, 2.24) is 10.2 Å². The molecule has 0 aromatic heterocycles. The molecule has 6 heteroatoms. The summed E-state index contributed by atoms with van der Waals surface area (Å²) in [6.07, 6.45) is 4.04. The summed E-state index contributed by atoms with van der Waals surface area (Å²) < 4.78 is 12.3. The summed E-state index contributed by atoms with van der Waals surface area (Å²) >= 11 is 0. The second-order valence-electron chi connectivity index (χ2n) is 14.1. The van der Waals surface area contributed by atoms with E-state index in [2.05, 4.69) is 104 Å². The molecule has 2 heterocycles. The lowest BCUT2D eigenvalue weighted by atomic mass is 9.89. The van der Waals surface area contributed by atoms with Crippen molar-refractivity contribution >= 4 is 11.8 Å². The standard InChI is InChI=1S/C38H51N3O3/c1-26-27(2)35-32(28(3)33(26)40-36(42)44-37(4,5)6)24-38(7,43-35)25-41-22-19-29(20-23-41)18-21-39-34(30-14-10-8-11-15-30)31-16-12-9-13-17-31/h8-17,29,34,39H,18-25H2,1-7H3,(H,40,42). The maximum Gasteiger partial charge on any atom is 0.412 e. The highest BCUT2D eigenvalue weighted by Crippen LogP contribution is 2.45. The van der Waals surface area contributed by atoms with Gasteiger partial charge < -0.3 is 14.8 Å². The fourth-order valence-corrected chi connectivity index (χ4v) is 6.93. The molecule has 1 unspecified atom stereocenters. The summed E-state index contributed by atoms with van der Waals surface area (Å²) in [7, 11) is 0. The number of carbonyl (C=O) groups is 1. The highest BCUT2D eigenvalue weighted by atomic mass is 16.6. The van der Waals surface area contributed by atoms with Crippen molar-refractivity contribution in [2.24, 2.45) is 5.92 Å². The molecular formula is C38H51N3O3. The van der Waals surface area contributed by atoms with Gasteiger partial charge in [0.25, 0.3) is 0 Å². The number of nitrogens with zero attached hydrogens (tertiary/aromatic N) is 1. The number of hydrogen-bond acceptors (Lipinski definition) is 5. The number of hydrogen-bond donors (Lipinski definition) is 2. The third-order valence-corrected chi connectivity index (χ3v) is 9.34. The second-order valence-corrected chi connectivity index (χ2v) is 14.1. The molecule has 1 amide bonds. The third-order valence-electron chi connectivity index (χ3n) is 9.34. The molecule has 236 valence electrons. The van der Waals surface area contributed by atoms with Crippen molar-refractivity contribution in [1.29, 1.82) is 0 Å². The van der Waals surface area contributed by atoms with E-state index in [0.29, 0.717) is 0 Å². The van der Waals surface area contributed by atoms with Gasteiger partial charge >= 0.3 is 6.09 Å². The number of nitrogens with one attached hydrogen (secondary N) is 2. The van der Waals surface area contributed by atoms with E-state index >= 15 is 0 Å². The number of amides is 1. The number of ether oxygens (including phenoxy) is 2. The Morgan fingerprint density at radius 2 is 1.55 bits per heavy atom. The molecule has 2 N–H and O–H groups in total. The van der Waals surface area contributed by atoms with Crippen LogP contribution in [0.5, 0.6) is 5.75 Å². The maximum absolute atomic E-state index is 12.6. The van der Waals surface area contributed by atoms with Crippen LogP contribution in [0, 0.1) is 26.7 Å². The van der Waals surface area contributed by atoms with E-state index in [-0.39, 0.29) is 11.6 Å². The number of piperidine rings is 1. The molecule has 2 aliphatic rings. The van der Waals surface area contributed by atoms with Gasteiger partial charge in [-0.1, -0.05) is 60.7 Å². The number of likely N-dealkylation sites (tertiary alicyclic amines) is 1. The fraction of sp³-hybridized carbons (Fsp3) is 0.500. The van der Waals surface area contributed by atoms with E-state index in [1.165, 1.54) is 36.0 Å². The van der Waals surface area contributed by atoms with Crippen molar-refractivity contribution < 1.29 is 14.3 Å². The predicted octanol–water partition coefficient (Wildman–Crippen LogP) is 8.13. The molecule has 2 aliphatic heterocycles. The lowest BCUT2D eigenvalue weighted by Gasteiger charge is -2.37. The zero-order chi connectivity index (χ0) is 31.5. The summed E-state index contributed by atoms with van der Waals surface area (Å²) in [5, 5.41) is 6.89. The first-order valence-corrected chi connectivity index (χ1v) is 16.3. The fourth-order valence-electron chi connectivity index (χ4n) is 6.93. The summed E-state index contributed by atoms with van der Waals surface area (Å²) in [6, 6.07) is 21.8. The van der Waals surface area contributed by atoms with E-state index in [9.17, 15) is 4.79 Å². The van der Waals surface area contributed by atoms with Gasteiger partial charge in [-0.2, -0.15) is 0 Å². The van der Waals surface area contributed by atoms with Gasteiger partial charge in [0.05, 0.1) is 11.7 Å². The number of anilines is 1. The Morgan fingerprint density at radius 3 is 2.11 bits per heavy atom. The maximum atomic E-state index is 12.6. The molecule has 1 atom stereocenters. The van der Waals surface area contributed by atoms with E-state index in [0.717, 1.165) is 66.6 Å². The molecule has 0 radical (unpaired) electrons. The molecule has 1 fully saturated rings. The molecule has 5 rings (SSSR count). The highest BCUT2D eigenvalue weighted by molar-refractivity contribution is 5.88. The number of carbonyl (C=O) groups excluding carboxylic acids is 1. The Labute approximate surface area is 264 Å². The first-order valence-electron chi connectivity index (χ1n) is 16.3. The minimum absolute atomic E-state index is 0.217. The second kappa shape index (κ2) is 13.3. The third kappa shape index (κ3) is 7.65. The Hall–Kier alpha value is -3.35. The number of benzene rings is 3. The Balaban J connectivity index is 1.15. The molecular weight excluding hydrogens is 546 g/mol. The molecule has 6 nitrogen and oxygen atoms in total. The average molecular weight is 598 g/mol. The topological polar surface area (TPSA) is 62.8 Å². The van der Waals surface area contributed by atoms with Crippen LogP contribution >= 0.6 is 0 Å². The Bertz CT molecular complexity index is 1390. The van der Waals surface area contributed by atoms with Gasteiger partial charge in [-0.25, -0.2) is 4.79 Å². The van der Waals surface area contributed by atoms with Crippen LogP contribution in [0.1, 0.15) is 86.4 Å². The van der Waals surface area contributed by atoms with E-state index in [1.807, 2.05) is 20.8 Å². The van der Waals surface area contributed by atoms with Crippen molar-refractivity contribution in [2.45, 2.75) is 91.4 Å². The van der Waals surface area contributed by atoms with Crippen LogP contribution in [0.15, 0.2) is 60.7 Å². The average Bonchev–Trinajstić information content (AvgIpc) is 3.34. The smallest absolute Gasteiger partial charge is 0.412 e. The van der Waals surface area contributed by atoms with E-state index in [4.69, 9.17) is 9.47 Å². The SMILES string of the molecule is Cc1c(C)c2c(c(C)c1NC(=O)OC(C)(C)C)CC(C)(CN1CCC(CCNC(c3ccccc3)c3ccccc3)CC1)O2. The molecule has 3 aromatic rings. The molecule has 0 saturated carbocycles. The summed E-state index contributed by atoms with van der Waals surface area (Å²) in [5.41, 5.74) is 7.04. The van der Waals surface area contributed by atoms with Gasteiger partial charge in [0, 0.05) is 18.5 Å². The lowest BCUT2D eigenvalue weighted by molar-refractivity contribution is 0.0466.